The molecule has 1 N–H and O–H groups in total. The Morgan fingerprint density at radius 3 is 2.41 bits per heavy atom. The van der Waals surface area contributed by atoms with Crippen LogP contribution >= 0.6 is 11.6 Å². The van der Waals surface area contributed by atoms with E-state index in [4.69, 9.17) is 21.1 Å². The van der Waals surface area contributed by atoms with Crippen molar-refractivity contribution in [1.29, 1.82) is 0 Å². The van der Waals surface area contributed by atoms with Gasteiger partial charge in [0.1, 0.15) is 6.79 Å². The van der Waals surface area contributed by atoms with Gasteiger partial charge in [0, 0.05) is 52.3 Å². The van der Waals surface area contributed by atoms with Crippen molar-refractivity contribution in [3.05, 3.63) is 0 Å². The van der Waals surface area contributed by atoms with Crippen molar-refractivity contribution < 1.29 is 14.3 Å². The average molecular weight is 432 g/mol. The number of likely N-dealkylation sites (tertiary alicyclic amines) is 1. The van der Waals surface area contributed by atoms with E-state index >= 15 is 0 Å². The molecule has 2 amide bonds. The van der Waals surface area contributed by atoms with E-state index in [-0.39, 0.29) is 6.03 Å². The molecular weight excluding hydrogens is 390 g/mol. The van der Waals surface area contributed by atoms with Crippen molar-refractivity contribution in [2.75, 3.05) is 59.1 Å². The van der Waals surface area contributed by atoms with Gasteiger partial charge in [0.25, 0.3) is 0 Å². The van der Waals surface area contributed by atoms with E-state index in [1.807, 2.05) is 4.90 Å². The van der Waals surface area contributed by atoms with Gasteiger partial charge in [-0.3, -0.25) is 0 Å². The molecule has 0 radical (unpaired) electrons. The number of carbonyl (C=O) groups is 1. The van der Waals surface area contributed by atoms with E-state index in [0.717, 1.165) is 58.5 Å². The second-order valence-electron chi connectivity index (χ2n) is 8.54. The first-order chi connectivity index (χ1) is 14.2. The van der Waals surface area contributed by atoms with Gasteiger partial charge < -0.3 is 24.6 Å². The van der Waals surface area contributed by atoms with Crippen LogP contribution in [0.4, 0.5) is 4.79 Å². The standard InChI is InChI=1S/C22H42ClN3O3/c1-28-19-29-21-10-14-25(15-11-21)16-17-26(13-7-12-23)22(27)24-18-20-8-5-3-2-4-6-9-20/h20-21H,2-19H2,1H3,(H,24,27). The van der Waals surface area contributed by atoms with Crippen molar-refractivity contribution in [2.45, 2.75) is 70.3 Å². The van der Waals surface area contributed by atoms with Gasteiger partial charge >= 0.3 is 6.03 Å². The molecule has 0 atom stereocenters. The molecule has 0 bridgehead atoms. The van der Waals surface area contributed by atoms with E-state index in [1.165, 1.54) is 44.9 Å². The molecule has 6 nitrogen and oxygen atoms in total. The lowest BCUT2D eigenvalue weighted by Gasteiger charge is -2.33. The van der Waals surface area contributed by atoms with Gasteiger partial charge in [0.2, 0.25) is 0 Å². The van der Waals surface area contributed by atoms with Crippen molar-refractivity contribution in [2.24, 2.45) is 5.92 Å². The van der Waals surface area contributed by atoms with Crippen LogP contribution in [0.3, 0.4) is 0 Å². The number of rotatable bonds is 11. The van der Waals surface area contributed by atoms with Crippen LogP contribution in [-0.4, -0.2) is 81.0 Å². The number of halogens is 1. The highest BCUT2D eigenvalue weighted by molar-refractivity contribution is 6.17. The Kier molecular flexibility index (Phi) is 13.0. The summed E-state index contributed by atoms with van der Waals surface area (Å²) in [6, 6.07) is 0.0792. The summed E-state index contributed by atoms with van der Waals surface area (Å²) < 4.78 is 10.7. The minimum absolute atomic E-state index is 0.0792. The topological polar surface area (TPSA) is 54.0 Å². The Hall–Kier alpha value is -0.560. The third-order valence-electron chi connectivity index (χ3n) is 6.26. The Balaban J connectivity index is 1.70. The van der Waals surface area contributed by atoms with Crippen molar-refractivity contribution in [3.63, 3.8) is 0 Å². The fourth-order valence-electron chi connectivity index (χ4n) is 4.38. The minimum atomic E-state index is 0.0792. The van der Waals surface area contributed by atoms with Crippen LogP contribution in [0.2, 0.25) is 0 Å². The van der Waals surface area contributed by atoms with Gasteiger partial charge in [0.05, 0.1) is 6.10 Å². The maximum atomic E-state index is 12.8. The average Bonchev–Trinajstić information content (AvgIpc) is 2.72. The summed E-state index contributed by atoms with van der Waals surface area (Å²) in [5.74, 6) is 1.23. The number of amides is 2. The molecule has 2 fully saturated rings. The zero-order chi connectivity index (χ0) is 20.7. The normalized spacial score (nSPS) is 20.2. The van der Waals surface area contributed by atoms with Gasteiger partial charge in [-0.1, -0.05) is 32.1 Å². The highest BCUT2D eigenvalue weighted by Gasteiger charge is 2.21. The van der Waals surface area contributed by atoms with E-state index in [1.54, 1.807) is 7.11 Å². The van der Waals surface area contributed by atoms with Gasteiger partial charge in [-0.05, 0) is 38.0 Å². The fourth-order valence-corrected chi connectivity index (χ4v) is 4.50. The van der Waals surface area contributed by atoms with Crippen molar-refractivity contribution in [3.8, 4) is 0 Å². The summed E-state index contributed by atoms with van der Waals surface area (Å²) >= 11 is 5.90. The molecule has 7 heteroatoms. The molecule has 0 aromatic carbocycles. The number of piperidine rings is 1. The van der Waals surface area contributed by atoms with Gasteiger partial charge in [-0.25, -0.2) is 4.79 Å². The predicted molar refractivity (Wildman–Crippen MR) is 119 cm³/mol. The summed E-state index contributed by atoms with van der Waals surface area (Å²) in [4.78, 5) is 17.2. The number of alkyl halides is 1. The highest BCUT2D eigenvalue weighted by Crippen LogP contribution is 2.21. The maximum Gasteiger partial charge on any atom is 0.317 e. The van der Waals surface area contributed by atoms with E-state index in [9.17, 15) is 4.79 Å². The number of urea groups is 1. The molecule has 0 aromatic heterocycles. The van der Waals surface area contributed by atoms with Crippen LogP contribution in [0.1, 0.15) is 64.2 Å². The molecule has 0 spiro atoms. The van der Waals surface area contributed by atoms with Gasteiger partial charge in [-0.15, -0.1) is 11.6 Å². The molecule has 1 aliphatic carbocycles. The summed E-state index contributed by atoms with van der Waals surface area (Å²) in [7, 11) is 1.66. The zero-order valence-electron chi connectivity index (χ0n) is 18.4. The number of ether oxygens (including phenoxy) is 2. The van der Waals surface area contributed by atoms with E-state index in [2.05, 4.69) is 10.2 Å². The quantitative estimate of drug-likeness (QED) is 0.395. The number of nitrogens with zero attached hydrogens (tertiary/aromatic N) is 2. The number of nitrogens with one attached hydrogen (secondary N) is 1. The molecule has 2 aliphatic rings. The van der Waals surface area contributed by atoms with Gasteiger partial charge in [0.15, 0.2) is 0 Å². The zero-order valence-corrected chi connectivity index (χ0v) is 19.1. The lowest BCUT2D eigenvalue weighted by molar-refractivity contribution is -0.0887. The predicted octanol–water partition coefficient (Wildman–Crippen LogP) is 4.07. The third kappa shape index (κ3) is 10.3. The molecule has 29 heavy (non-hydrogen) atoms. The summed E-state index contributed by atoms with van der Waals surface area (Å²) in [6.45, 7) is 5.62. The largest absolute Gasteiger partial charge is 0.359 e. The Morgan fingerprint density at radius 1 is 1.07 bits per heavy atom. The lowest BCUT2D eigenvalue weighted by atomic mass is 9.91. The third-order valence-corrected chi connectivity index (χ3v) is 6.53. The smallest absolute Gasteiger partial charge is 0.317 e. The van der Waals surface area contributed by atoms with Crippen LogP contribution in [0.25, 0.3) is 0 Å². The molecule has 0 unspecified atom stereocenters. The highest BCUT2D eigenvalue weighted by atomic mass is 35.5. The summed E-state index contributed by atoms with van der Waals surface area (Å²) in [5, 5.41) is 3.22. The molecule has 1 aliphatic heterocycles. The molecular formula is C22H42ClN3O3. The van der Waals surface area contributed by atoms with Crippen LogP contribution in [0.5, 0.6) is 0 Å². The first kappa shape index (κ1) is 24.7. The van der Waals surface area contributed by atoms with Crippen LogP contribution < -0.4 is 5.32 Å². The molecule has 2 rings (SSSR count). The molecule has 1 heterocycles. The molecule has 1 saturated carbocycles. The Labute approximate surface area is 182 Å². The Bertz CT molecular complexity index is 426. The minimum Gasteiger partial charge on any atom is -0.359 e. The maximum absolute atomic E-state index is 12.8. The van der Waals surface area contributed by atoms with Crippen LogP contribution in [0, 0.1) is 5.92 Å². The van der Waals surface area contributed by atoms with Crippen LogP contribution in [0.15, 0.2) is 0 Å². The van der Waals surface area contributed by atoms with Crippen molar-refractivity contribution in [1.82, 2.24) is 15.1 Å². The van der Waals surface area contributed by atoms with Crippen molar-refractivity contribution >= 4 is 17.6 Å². The molecule has 170 valence electrons. The Morgan fingerprint density at radius 2 is 1.76 bits per heavy atom. The fraction of sp³-hybridized carbons (Fsp3) is 0.955. The van der Waals surface area contributed by atoms with E-state index < -0.39 is 0 Å². The second kappa shape index (κ2) is 15.3. The van der Waals surface area contributed by atoms with E-state index in [0.29, 0.717) is 24.7 Å². The monoisotopic (exact) mass is 431 g/mol. The number of carbonyl (C=O) groups excluding carboxylic acids is 1. The first-order valence-electron chi connectivity index (χ1n) is 11.6. The second-order valence-corrected chi connectivity index (χ2v) is 8.92. The molecule has 0 aromatic rings. The van der Waals surface area contributed by atoms with Gasteiger partial charge in [-0.2, -0.15) is 0 Å². The SMILES string of the molecule is COCOC1CCN(CCN(CCCCl)C(=O)NCC2CCCCCCC2)CC1. The molecule has 1 saturated heterocycles. The summed E-state index contributed by atoms with van der Waals surface area (Å²) in [5.41, 5.74) is 0. The lowest BCUT2D eigenvalue weighted by Crippen LogP contribution is -2.47. The first-order valence-corrected chi connectivity index (χ1v) is 12.2. The number of hydrogen-bond acceptors (Lipinski definition) is 4. The number of hydrogen-bond donors (Lipinski definition) is 1. The number of methoxy groups -OCH3 is 1. The van der Waals surface area contributed by atoms with Crippen LogP contribution in [-0.2, 0) is 9.47 Å². The summed E-state index contributed by atoms with van der Waals surface area (Å²) in [6.07, 6.45) is 12.4.